The standard InChI is InChI=1S/C18H31NOS/c1-15(2)13-19-14-17(8-6-10-21-4)11-16-7-5-9-18(12-16)20-3/h5,7,9,12,15,17,19H,6,8,10-11,13-14H2,1-4H3. The second-order valence-corrected chi connectivity index (χ2v) is 7.09. The molecule has 1 unspecified atom stereocenters. The lowest BCUT2D eigenvalue weighted by atomic mass is 9.94. The number of hydrogen-bond donors (Lipinski definition) is 1. The molecule has 0 aliphatic carbocycles. The van der Waals surface area contributed by atoms with Gasteiger partial charge in [-0.1, -0.05) is 26.0 Å². The number of ether oxygens (including phenoxy) is 1. The zero-order valence-corrected chi connectivity index (χ0v) is 14.8. The first kappa shape index (κ1) is 18.4. The van der Waals surface area contributed by atoms with Crippen LogP contribution in [-0.2, 0) is 6.42 Å². The van der Waals surface area contributed by atoms with Crippen LogP contribution in [0.2, 0.25) is 0 Å². The highest BCUT2D eigenvalue weighted by molar-refractivity contribution is 7.98. The maximum Gasteiger partial charge on any atom is 0.119 e. The maximum atomic E-state index is 5.33. The first-order chi connectivity index (χ1) is 10.2. The Morgan fingerprint density at radius 2 is 2.05 bits per heavy atom. The predicted molar refractivity (Wildman–Crippen MR) is 95.5 cm³/mol. The number of methoxy groups -OCH3 is 1. The van der Waals surface area contributed by atoms with Gasteiger partial charge in [-0.15, -0.1) is 0 Å². The van der Waals surface area contributed by atoms with Gasteiger partial charge in [-0.3, -0.25) is 0 Å². The van der Waals surface area contributed by atoms with Crippen molar-refractivity contribution in [3.05, 3.63) is 29.8 Å². The summed E-state index contributed by atoms with van der Waals surface area (Å²) in [7, 11) is 1.74. The maximum absolute atomic E-state index is 5.33. The van der Waals surface area contributed by atoms with E-state index in [1.165, 1.54) is 24.2 Å². The number of hydrogen-bond acceptors (Lipinski definition) is 3. The fourth-order valence-corrected chi connectivity index (χ4v) is 2.96. The minimum absolute atomic E-state index is 0.711. The second-order valence-electron chi connectivity index (χ2n) is 6.11. The molecule has 0 amide bonds. The molecule has 0 bridgehead atoms. The quantitative estimate of drug-likeness (QED) is 0.618. The van der Waals surface area contributed by atoms with E-state index in [2.05, 4.69) is 43.6 Å². The molecule has 0 aliphatic heterocycles. The first-order valence-electron chi connectivity index (χ1n) is 7.98. The lowest BCUT2D eigenvalue weighted by Crippen LogP contribution is -2.27. The van der Waals surface area contributed by atoms with Crippen molar-refractivity contribution in [2.45, 2.75) is 33.1 Å². The smallest absolute Gasteiger partial charge is 0.119 e. The molecule has 0 spiro atoms. The van der Waals surface area contributed by atoms with Crippen molar-refractivity contribution in [3.8, 4) is 5.75 Å². The summed E-state index contributed by atoms with van der Waals surface area (Å²) in [5.41, 5.74) is 1.38. The first-order valence-corrected chi connectivity index (χ1v) is 9.37. The van der Waals surface area contributed by atoms with Gasteiger partial charge in [-0.2, -0.15) is 11.8 Å². The van der Waals surface area contributed by atoms with E-state index < -0.39 is 0 Å². The van der Waals surface area contributed by atoms with Crippen LogP contribution in [0.4, 0.5) is 0 Å². The van der Waals surface area contributed by atoms with Crippen LogP contribution < -0.4 is 10.1 Å². The van der Waals surface area contributed by atoms with Crippen molar-refractivity contribution >= 4 is 11.8 Å². The molecule has 21 heavy (non-hydrogen) atoms. The molecule has 1 aromatic carbocycles. The van der Waals surface area contributed by atoms with Crippen molar-refractivity contribution in [2.75, 3.05) is 32.2 Å². The third kappa shape index (κ3) is 8.37. The van der Waals surface area contributed by atoms with E-state index in [1.807, 2.05) is 17.8 Å². The Kier molecular flexibility index (Phi) is 9.60. The Hall–Kier alpha value is -0.670. The molecule has 3 heteroatoms. The van der Waals surface area contributed by atoms with Crippen molar-refractivity contribution in [2.24, 2.45) is 11.8 Å². The molecule has 0 saturated heterocycles. The van der Waals surface area contributed by atoms with Crippen LogP contribution in [0.15, 0.2) is 24.3 Å². The van der Waals surface area contributed by atoms with Crippen LogP contribution in [0.5, 0.6) is 5.75 Å². The largest absolute Gasteiger partial charge is 0.497 e. The van der Waals surface area contributed by atoms with E-state index >= 15 is 0 Å². The van der Waals surface area contributed by atoms with Gasteiger partial charge in [0.15, 0.2) is 0 Å². The van der Waals surface area contributed by atoms with Crippen LogP contribution in [0.3, 0.4) is 0 Å². The zero-order valence-electron chi connectivity index (χ0n) is 14.0. The molecule has 0 radical (unpaired) electrons. The van der Waals surface area contributed by atoms with Gasteiger partial charge < -0.3 is 10.1 Å². The number of thioether (sulfide) groups is 1. The Balaban J connectivity index is 2.52. The van der Waals surface area contributed by atoms with Gasteiger partial charge in [0.05, 0.1) is 7.11 Å². The molecule has 1 atom stereocenters. The Bertz CT molecular complexity index is 381. The Labute approximate surface area is 135 Å². The normalized spacial score (nSPS) is 12.6. The zero-order chi connectivity index (χ0) is 15.5. The summed E-state index contributed by atoms with van der Waals surface area (Å²) in [5.74, 6) is 3.65. The highest BCUT2D eigenvalue weighted by Gasteiger charge is 2.10. The van der Waals surface area contributed by atoms with Crippen LogP contribution in [0.25, 0.3) is 0 Å². The van der Waals surface area contributed by atoms with Crippen molar-refractivity contribution < 1.29 is 4.74 Å². The van der Waals surface area contributed by atoms with Gasteiger partial charge in [0.25, 0.3) is 0 Å². The SMILES string of the molecule is COc1cccc(CC(CCCSC)CNCC(C)C)c1. The molecular formula is C18H31NOS. The third-order valence-electron chi connectivity index (χ3n) is 3.60. The molecule has 2 nitrogen and oxygen atoms in total. The van der Waals surface area contributed by atoms with Gasteiger partial charge in [-0.25, -0.2) is 0 Å². The van der Waals surface area contributed by atoms with E-state index in [0.717, 1.165) is 25.3 Å². The summed E-state index contributed by atoms with van der Waals surface area (Å²) in [4.78, 5) is 0. The molecule has 0 fully saturated rings. The van der Waals surface area contributed by atoms with Gasteiger partial charge in [0, 0.05) is 0 Å². The number of rotatable bonds is 11. The van der Waals surface area contributed by atoms with Gasteiger partial charge in [0.1, 0.15) is 5.75 Å². The molecular weight excluding hydrogens is 278 g/mol. The molecule has 1 aromatic rings. The second kappa shape index (κ2) is 11.0. The topological polar surface area (TPSA) is 21.3 Å². The molecule has 1 rings (SSSR count). The van der Waals surface area contributed by atoms with Crippen LogP contribution in [-0.4, -0.2) is 32.2 Å². The monoisotopic (exact) mass is 309 g/mol. The Morgan fingerprint density at radius 1 is 1.24 bits per heavy atom. The van der Waals surface area contributed by atoms with E-state index in [-0.39, 0.29) is 0 Å². The summed E-state index contributed by atoms with van der Waals surface area (Å²) in [6, 6.07) is 8.49. The van der Waals surface area contributed by atoms with E-state index in [1.54, 1.807) is 7.11 Å². The number of nitrogens with one attached hydrogen (secondary N) is 1. The van der Waals surface area contributed by atoms with Crippen molar-refractivity contribution in [1.29, 1.82) is 0 Å². The summed E-state index contributed by atoms with van der Waals surface area (Å²) in [6.45, 7) is 6.75. The highest BCUT2D eigenvalue weighted by Crippen LogP contribution is 2.19. The molecule has 0 saturated carbocycles. The van der Waals surface area contributed by atoms with Crippen LogP contribution >= 0.6 is 11.8 Å². The predicted octanol–water partition coefficient (Wildman–Crippen LogP) is 4.24. The van der Waals surface area contributed by atoms with Gasteiger partial charge in [0.2, 0.25) is 0 Å². The Morgan fingerprint density at radius 3 is 2.71 bits per heavy atom. The van der Waals surface area contributed by atoms with Crippen molar-refractivity contribution in [1.82, 2.24) is 5.32 Å². The van der Waals surface area contributed by atoms with Gasteiger partial charge in [-0.05, 0) is 73.9 Å². The highest BCUT2D eigenvalue weighted by atomic mass is 32.2. The average molecular weight is 310 g/mol. The molecule has 0 heterocycles. The fraction of sp³-hybridized carbons (Fsp3) is 0.667. The molecule has 120 valence electrons. The van der Waals surface area contributed by atoms with Crippen LogP contribution in [0.1, 0.15) is 32.3 Å². The summed E-state index contributed by atoms with van der Waals surface area (Å²) < 4.78 is 5.33. The lowest BCUT2D eigenvalue weighted by Gasteiger charge is -2.19. The molecule has 1 N–H and O–H groups in total. The fourth-order valence-electron chi connectivity index (χ4n) is 2.50. The minimum atomic E-state index is 0.711. The molecule has 0 aromatic heterocycles. The van der Waals surface area contributed by atoms with Gasteiger partial charge >= 0.3 is 0 Å². The molecule has 0 aliphatic rings. The lowest BCUT2D eigenvalue weighted by molar-refractivity contribution is 0.409. The van der Waals surface area contributed by atoms with Crippen LogP contribution in [0, 0.1) is 11.8 Å². The number of benzene rings is 1. The van der Waals surface area contributed by atoms with E-state index in [9.17, 15) is 0 Å². The summed E-state index contributed by atoms with van der Waals surface area (Å²) in [6.07, 6.45) is 5.92. The summed E-state index contributed by atoms with van der Waals surface area (Å²) in [5, 5.41) is 3.62. The third-order valence-corrected chi connectivity index (χ3v) is 4.30. The minimum Gasteiger partial charge on any atom is -0.497 e. The van der Waals surface area contributed by atoms with E-state index in [4.69, 9.17) is 4.74 Å². The van der Waals surface area contributed by atoms with Crippen molar-refractivity contribution in [3.63, 3.8) is 0 Å². The summed E-state index contributed by atoms with van der Waals surface area (Å²) >= 11 is 1.94. The average Bonchev–Trinajstić information content (AvgIpc) is 2.47. The van der Waals surface area contributed by atoms with E-state index in [0.29, 0.717) is 11.8 Å².